The summed E-state index contributed by atoms with van der Waals surface area (Å²) in [6.07, 6.45) is 13.3. The second-order valence-corrected chi connectivity index (χ2v) is 24.0. The van der Waals surface area contributed by atoms with Crippen LogP contribution in [0.1, 0.15) is 76.6 Å². The third-order valence-corrected chi connectivity index (χ3v) is 18.9. The molecule has 2 aliphatic heterocycles. The average Bonchev–Trinajstić information content (AvgIpc) is 4.03. The Bertz CT molecular complexity index is 2640. The summed E-state index contributed by atoms with van der Waals surface area (Å²) in [5.74, 6) is 2.00. The number of carbonyl (C=O) groups excluding carboxylic acids is 2. The van der Waals surface area contributed by atoms with Crippen molar-refractivity contribution >= 4 is 167 Å². The lowest BCUT2D eigenvalue weighted by atomic mass is 8.39. The largest absolute Gasteiger partial charge is 0.462 e. The number of carbonyl (C=O) groups is 2. The average molecular weight is 1060 g/mol. The molecule has 22 radical (unpaired) electrons. The zero-order valence-corrected chi connectivity index (χ0v) is 47.1. The number of halogens is 2. The number of allylic oxidation sites excluding steroid dienone is 2. The van der Waals surface area contributed by atoms with Crippen molar-refractivity contribution in [2.45, 2.75) is 89.5 Å². The molecule has 2 saturated heterocycles. The molecule has 384 valence electrons. The Kier molecular flexibility index (Phi) is 22.4. The molecule has 0 bridgehead atoms. The molecule has 2 aromatic heterocycles. The van der Waals surface area contributed by atoms with Crippen molar-refractivity contribution in [3.63, 3.8) is 0 Å². The Morgan fingerprint density at radius 3 is 1.23 bits per heavy atom. The van der Waals surface area contributed by atoms with Crippen LogP contribution in [0.15, 0.2) is 97.3 Å². The van der Waals surface area contributed by atoms with Crippen LogP contribution in [0.5, 0.6) is 0 Å². The van der Waals surface area contributed by atoms with E-state index in [4.69, 9.17) is 106 Å². The van der Waals surface area contributed by atoms with Gasteiger partial charge < -0.3 is 20.9 Å². The van der Waals surface area contributed by atoms with Crippen LogP contribution in [0.4, 0.5) is 8.78 Å². The molecule has 6 fully saturated rings. The molecule has 2 aromatic carbocycles. The fraction of sp³-hybridized carbons (Fsp3) is 0.462. The number of ether oxygens (including phenoxy) is 2. The molecule has 14 atom stereocenters. The summed E-state index contributed by atoms with van der Waals surface area (Å²) in [6.45, 7) is 4.05. The van der Waals surface area contributed by atoms with Crippen LogP contribution in [-0.4, -0.2) is 189 Å². The zero-order valence-electron chi connectivity index (χ0n) is 47.1. The topological polar surface area (TPSA) is 130 Å². The first kappa shape index (κ1) is 64.2. The van der Waals surface area contributed by atoms with Gasteiger partial charge in [-0.2, -0.15) is 0 Å². The van der Waals surface area contributed by atoms with Crippen molar-refractivity contribution in [2.75, 3.05) is 0 Å². The molecule has 0 unspecified atom stereocenters. The van der Waals surface area contributed by atoms with Crippen LogP contribution in [0.25, 0.3) is 34.4 Å². The molecule has 0 spiro atoms. The second kappa shape index (κ2) is 28.6. The molecule has 6 aliphatic rings. The first-order chi connectivity index (χ1) is 39.0. The van der Waals surface area contributed by atoms with Gasteiger partial charge >= 0.3 is 11.9 Å². The maximum atomic E-state index is 13.5. The normalized spacial score (nSPS) is 28.7. The van der Waals surface area contributed by atoms with Crippen molar-refractivity contribution in [3.05, 3.63) is 120 Å². The first-order valence-corrected chi connectivity index (χ1v) is 29.1. The smallest absolute Gasteiger partial charge is 0.309 e. The molecule has 4 aromatic rings. The highest BCUT2D eigenvalue weighted by atomic mass is 19.1. The maximum Gasteiger partial charge on any atom is 0.309 e. The third-order valence-electron chi connectivity index (χ3n) is 18.9. The predicted molar refractivity (Wildman–Crippen MR) is 351 cm³/mol. The van der Waals surface area contributed by atoms with E-state index in [1.807, 2.05) is 50.2 Å². The standard InChI is InChI=1S/2C26H29FN2O2.B20/c2*1-15-25-21(20-6-3-7-24(28)22(20)13-23(25)26(30)31-15)11-10-19-9-8-17(14-29-19)16-4-2-5-18(27)12-16;1-12(2)17(11)20(18(13(3)4)14(5)6)19(15(7)8)16(9)10/h2*2,4-5,8-12,14-15,20-25H,3,6-7,13,28H2,1H3;/b2*11-10+;/t15-,20+,21+,22+,23-,24+,25+;15-,20+,21+,22+,23-,24-,25+;/m11./s1. The van der Waals surface area contributed by atoms with Gasteiger partial charge in [-0.05, 0) is 148 Å². The highest BCUT2D eigenvalue weighted by Gasteiger charge is 2.56. The predicted octanol–water partition coefficient (Wildman–Crippen LogP) is 2.07. The maximum absolute atomic E-state index is 13.5. The van der Waals surface area contributed by atoms with Gasteiger partial charge in [-0.15, -0.1) is 0 Å². The number of esters is 2. The molecule has 4 saturated carbocycles. The van der Waals surface area contributed by atoms with Gasteiger partial charge in [-0.1, -0.05) is 61.4 Å². The van der Waals surface area contributed by atoms with E-state index in [1.54, 1.807) is 24.5 Å². The van der Waals surface area contributed by atoms with E-state index in [2.05, 4.69) is 34.3 Å². The van der Waals surface area contributed by atoms with Crippen LogP contribution in [0, 0.1) is 70.8 Å². The molecule has 10 rings (SSSR count). The Labute approximate surface area is 504 Å². The van der Waals surface area contributed by atoms with Gasteiger partial charge in [0.25, 0.3) is 0 Å². The van der Waals surface area contributed by atoms with Crippen molar-refractivity contribution < 1.29 is 27.8 Å². The van der Waals surface area contributed by atoms with Gasteiger partial charge in [0, 0.05) is 190 Å². The number of rotatable bonds is 14. The lowest BCUT2D eigenvalue weighted by Gasteiger charge is -2.48. The van der Waals surface area contributed by atoms with E-state index in [-0.39, 0.29) is 83.4 Å². The van der Waals surface area contributed by atoms with Crippen LogP contribution in [0.2, 0.25) is 0 Å². The third kappa shape index (κ3) is 14.9. The van der Waals surface area contributed by atoms with Gasteiger partial charge in [0.15, 0.2) is 0 Å². The summed E-state index contributed by atoms with van der Waals surface area (Å²) >= 11 is 0. The van der Waals surface area contributed by atoms with Gasteiger partial charge in [-0.25, -0.2) is 8.78 Å². The molecule has 0 amide bonds. The number of aromatic nitrogens is 2. The minimum atomic E-state index is -0.889. The van der Waals surface area contributed by atoms with Gasteiger partial charge in [-0.3, -0.25) is 19.6 Å². The van der Waals surface area contributed by atoms with Gasteiger partial charge in [0.05, 0.1) is 23.2 Å². The Morgan fingerprint density at radius 2 is 0.902 bits per heavy atom. The van der Waals surface area contributed by atoms with E-state index >= 15 is 0 Å². The lowest BCUT2D eigenvalue weighted by Crippen LogP contribution is -2.80. The molecular weight excluding hydrogens is 999 g/mol. The van der Waals surface area contributed by atoms with Gasteiger partial charge in [0.1, 0.15) is 23.8 Å². The second-order valence-electron chi connectivity index (χ2n) is 24.0. The van der Waals surface area contributed by atoms with Crippen molar-refractivity contribution in [2.24, 2.45) is 70.6 Å². The highest BCUT2D eigenvalue weighted by Crippen LogP contribution is 2.55. The lowest BCUT2D eigenvalue weighted by molar-refractivity contribution is -0.145. The van der Waals surface area contributed by atoms with E-state index < -0.39 is 57.5 Å². The minimum absolute atomic E-state index is 0.0432. The van der Waals surface area contributed by atoms with Crippen LogP contribution < -0.4 is 11.5 Å². The van der Waals surface area contributed by atoms with E-state index in [1.165, 1.54) is 24.3 Å². The molecular formula is C52H58B20F2N4O4. The molecule has 4 N–H and O–H groups in total. The SMILES string of the molecule is C[C@H]1OC(=O)[C@@H]2C[C@H]3[C@@H](CCC[C@@H]3N)[C@H](/C=C/c3ccc(-c4cccc(F)c4)cn3)[C@H]12.C[C@H]1OC(=O)[C@@H]2C[C@H]3[C@@H](CCC[C@H]3N)[C@H](/C=C/c3ccc(-c4cccc(F)c4)cn3)[C@H]12.[B]B([B])B([B])B(B(B([B])[B])B([B])[B])B(B([B])[B])B([B])[B]. The van der Waals surface area contributed by atoms with E-state index in [0.29, 0.717) is 23.7 Å². The summed E-state index contributed by atoms with van der Waals surface area (Å²) in [6, 6.07) is 21.3. The van der Waals surface area contributed by atoms with E-state index in [9.17, 15) is 18.4 Å². The summed E-state index contributed by atoms with van der Waals surface area (Å²) in [4.78, 5) is 34.1. The van der Waals surface area contributed by atoms with Crippen LogP contribution in [0.3, 0.4) is 0 Å². The molecule has 30 heteroatoms. The number of nitrogens with zero attached hydrogens (tertiary/aromatic N) is 2. The first-order valence-electron chi connectivity index (χ1n) is 29.1. The Balaban J connectivity index is 0.000000166. The van der Waals surface area contributed by atoms with E-state index in [0.717, 1.165) is 85.0 Å². The van der Waals surface area contributed by atoms with Crippen molar-refractivity contribution in [1.29, 1.82) is 0 Å². The number of hydrogen-bond donors (Lipinski definition) is 2. The quantitative estimate of drug-likeness (QED) is 0.145. The number of hydrogen-bond acceptors (Lipinski definition) is 8. The highest BCUT2D eigenvalue weighted by molar-refractivity contribution is 8.19. The molecule has 8 nitrogen and oxygen atoms in total. The van der Waals surface area contributed by atoms with Gasteiger partial charge in [0.2, 0.25) is 0 Å². The Hall–Kier alpha value is -3.76. The number of pyridine rings is 2. The summed E-state index contributed by atoms with van der Waals surface area (Å²) < 4.78 is 38.3. The van der Waals surface area contributed by atoms with Crippen LogP contribution >= 0.6 is 0 Å². The fourth-order valence-electron chi connectivity index (χ4n) is 15.0. The fourth-order valence-corrected chi connectivity index (χ4v) is 15.0. The number of benzene rings is 2. The number of fused-ring (bicyclic) bond motifs is 4. The zero-order chi connectivity index (χ0) is 59.3. The summed E-state index contributed by atoms with van der Waals surface area (Å²) in [5, 5.41) is 0. The molecule has 4 heterocycles. The number of cyclic esters (lactones) is 2. The van der Waals surface area contributed by atoms with Crippen LogP contribution in [-0.2, 0) is 19.1 Å². The summed E-state index contributed by atoms with van der Waals surface area (Å²) in [7, 11) is 63.2. The number of nitrogens with two attached hydrogens (primary N) is 2. The molecule has 82 heavy (non-hydrogen) atoms. The monoisotopic (exact) mass is 1060 g/mol. The minimum Gasteiger partial charge on any atom is -0.462 e. The summed E-state index contributed by atoms with van der Waals surface area (Å²) in [5.41, 5.74) is 18.1. The van der Waals surface area contributed by atoms with Crippen molar-refractivity contribution in [1.82, 2.24) is 9.97 Å². The van der Waals surface area contributed by atoms with Crippen molar-refractivity contribution in [3.8, 4) is 22.3 Å². The Morgan fingerprint density at radius 1 is 0.512 bits per heavy atom. The molecule has 4 aliphatic carbocycles.